The minimum atomic E-state index is -1.10. The van der Waals surface area contributed by atoms with Gasteiger partial charge in [-0.25, -0.2) is 4.79 Å². The zero-order valence-corrected chi connectivity index (χ0v) is 15.6. The normalized spacial score (nSPS) is 12.2. The Morgan fingerprint density at radius 2 is 1.86 bits per heavy atom. The van der Waals surface area contributed by atoms with Crippen molar-refractivity contribution in [2.75, 3.05) is 13.7 Å². The first kappa shape index (κ1) is 18.6. The molecule has 0 saturated heterocycles. The van der Waals surface area contributed by atoms with Crippen LogP contribution >= 0.6 is 0 Å². The molecule has 0 aliphatic carbocycles. The standard InChI is InChI=1S/C20H19N5O4/c1-28-13-8-6-12(7-9-13)17-22-23-18-14-4-2-3-5-15(14)19(24-25(17)18)29-16(10-11-21)20(26)27/h2-9,16H,10-11,21H2,1H3,(H,26,27). The number of carbonyl (C=O) groups is 1. The molecule has 4 rings (SSSR count). The van der Waals surface area contributed by atoms with Gasteiger partial charge < -0.3 is 20.3 Å². The maximum Gasteiger partial charge on any atom is 0.345 e. The molecule has 9 heteroatoms. The molecule has 0 bridgehead atoms. The van der Waals surface area contributed by atoms with Crippen molar-refractivity contribution in [3.63, 3.8) is 0 Å². The van der Waals surface area contributed by atoms with E-state index in [9.17, 15) is 9.90 Å². The van der Waals surface area contributed by atoms with Gasteiger partial charge in [-0.1, -0.05) is 18.2 Å². The van der Waals surface area contributed by atoms with Crippen LogP contribution in [0.15, 0.2) is 48.5 Å². The first-order valence-corrected chi connectivity index (χ1v) is 9.00. The van der Waals surface area contributed by atoms with Gasteiger partial charge in [0.05, 0.1) is 7.11 Å². The van der Waals surface area contributed by atoms with Gasteiger partial charge in [-0.05, 0) is 36.9 Å². The second-order valence-electron chi connectivity index (χ2n) is 6.36. The van der Waals surface area contributed by atoms with Crippen LogP contribution in [0.25, 0.3) is 27.8 Å². The number of hydrogen-bond acceptors (Lipinski definition) is 7. The number of aromatic nitrogens is 4. The van der Waals surface area contributed by atoms with Gasteiger partial charge in [0.1, 0.15) is 5.75 Å². The summed E-state index contributed by atoms with van der Waals surface area (Å²) >= 11 is 0. The third-order valence-corrected chi connectivity index (χ3v) is 4.54. The van der Waals surface area contributed by atoms with E-state index in [4.69, 9.17) is 15.2 Å². The van der Waals surface area contributed by atoms with Crippen LogP contribution in [0.2, 0.25) is 0 Å². The Bertz CT molecular complexity index is 1170. The number of methoxy groups -OCH3 is 1. The second kappa shape index (κ2) is 7.72. The highest BCUT2D eigenvalue weighted by Gasteiger charge is 2.22. The smallest absolute Gasteiger partial charge is 0.345 e. The molecule has 4 aromatic rings. The van der Waals surface area contributed by atoms with Gasteiger partial charge in [0.2, 0.25) is 5.88 Å². The number of hydrogen-bond donors (Lipinski definition) is 2. The molecule has 1 unspecified atom stereocenters. The number of nitrogens with zero attached hydrogens (tertiary/aromatic N) is 4. The van der Waals surface area contributed by atoms with Crippen LogP contribution in [-0.2, 0) is 4.79 Å². The molecule has 0 spiro atoms. The van der Waals surface area contributed by atoms with Gasteiger partial charge >= 0.3 is 5.97 Å². The van der Waals surface area contributed by atoms with Crippen molar-refractivity contribution >= 4 is 22.4 Å². The molecule has 148 valence electrons. The number of carboxylic acids is 1. The van der Waals surface area contributed by atoms with E-state index in [0.717, 1.165) is 16.7 Å². The van der Waals surface area contributed by atoms with E-state index in [-0.39, 0.29) is 18.8 Å². The molecule has 0 amide bonds. The minimum Gasteiger partial charge on any atom is -0.497 e. The Morgan fingerprint density at radius 3 is 2.52 bits per heavy atom. The zero-order chi connectivity index (χ0) is 20.4. The van der Waals surface area contributed by atoms with Gasteiger partial charge in [-0.2, -0.15) is 4.52 Å². The summed E-state index contributed by atoms with van der Waals surface area (Å²) in [7, 11) is 1.60. The lowest BCUT2D eigenvalue weighted by atomic mass is 10.2. The van der Waals surface area contributed by atoms with Crippen LogP contribution in [0.3, 0.4) is 0 Å². The molecular formula is C20H19N5O4. The molecule has 0 saturated carbocycles. The van der Waals surface area contributed by atoms with Crippen LogP contribution in [0.5, 0.6) is 11.6 Å². The predicted octanol–water partition coefficient (Wildman–Crippen LogP) is 2.13. The fourth-order valence-corrected chi connectivity index (χ4v) is 3.08. The predicted molar refractivity (Wildman–Crippen MR) is 106 cm³/mol. The lowest BCUT2D eigenvalue weighted by molar-refractivity contribution is -0.145. The van der Waals surface area contributed by atoms with Crippen LogP contribution in [0.4, 0.5) is 0 Å². The molecular weight excluding hydrogens is 374 g/mol. The van der Waals surface area contributed by atoms with Gasteiger partial charge in [-0.15, -0.1) is 15.3 Å². The quantitative estimate of drug-likeness (QED) is 0.489. The SMILES string of the molecule is COc1ccc(-c2nnc3c4ccccc4c(OC(CCN)C(=O)O)nn23)cc1. The second-order valence-corrected chi connectivity index (χ2v) is 6.36. The minimum absolute atomic E-state index is 0.164. The molecule has 0 radical (unpaired) electrons. The highest BCUT2D eigenvalue weighted by Crippen LogP contribution is 2.30. The third-order valence-electron chi connectivity index (χ3n) is 4.54. The Labute approximate surface area is 165 Å². The molecule has 2 aromatic heterocycles. The fourth-order valence-electron chi connectivity index (χ4n) is 3.08. The largest absolute Gasteiger partial charge is 0.497 e. The molecule has 9 nitrogen and oxygen atoms in total. The zero-order valence-electron chi connectivity index (χ0n) is 15.6. The van der Waals surface area contributed by atoms with Gasteiger partial charge in [0.25, 0.3) is 0 Å². The highest BCUT2D eigenvalue weighted by molar-refractivity contribution is 5.97. The van der Waals surface area contributed by atoms with E-state index in [1.807, 2.05) is 42.5 Å². The van der Waals surface area contributed by atoms with E-state index < -0.39 is 12.1 Å². The van der Waals surface area contributed by atoms with Crippen LogP contribution in [-0.4, -0.2) is 50.6 Å². The lowest BCUT2D eigenvalue weighted by Crippen LogP contribution is -2.30. The molecule has 2 aromatic carbocycles. The van der Waals surface area contributed by atoms with Crippen molar-refractivity contribution in [3.05, 3.63) is 48.5 Å². The average molecular weight is 393 g/mol. The Morgan fingerprint density at radius 1 is 1.14 bits per heavy atom. The maximum atomic E-state index is 11.5. The first-order chi connectivity index (χ1) is 14.1. The summed E-state index contributed by atoms with van der Waals surface area (Å²) in [6.45, 7) is 0.181. The Hall–Kier alpha value is -3.72. The van der Waals surface area contributed by atoms with Crippen LogP contribution in [0, 0.1) is 0 Å². The number of fused-ring (bicyclic) bond motifs is 3. The topological polar surface area (TPSA) is 125 Å². The number of carboxylic acid groups (broad SMARTS) is 1. The Kier molecular flexibility index (Phi) is 4.96. The van der Waals surface area contributed by atoms with Crippen LogP contribution in [0.1, 0.15) is 6.42 Å². The summed E-state index contributed by atoms with van der Waals surface area (Å²) < 4.78 is 12.5. The molecule has 1 atom stereocenters. The third kappa shape index (κ3) is 3.43. The van der Waals surface area contributed by atoms with E-state index in [1.165, 1.54) is 0 Å². The number of benzene rings is 2. The van der Waals surface area contributed by atoms with Crippen molar-refractivity contribution in [3.8, 4) is 23.0 Å². The van der Waals surface area contributed by atoms with Gasteiger partial charge in [0, 0.05) is 22.8 Å². The summed E-state index contributed by atoms with van der Waals surface area (Å²) in [6.07, 6.45) is -0.939. The molecule has 2 heterocycles. The monoisotopic (exact) mass is 393 g/mol. The highest BCUT2D eigenvalue weighted by atomic mass is 16.5. The molecule has 29 heavy (non-hydrogen) atoms. The molecule has 0 aliphatic rings. The first-order valence-electron chi connectivity index (χ1n) is 9.00. The number of ether oxygens (including phenoxy) is 2. The van der Waals surface area contributed by atoms with E-state index in [1.54, 1.807) is 17.7 Å². The lowest BCUT2D eigenvalue weighted by Gasteiger charge is -2.15. The van der Waals surface area contributed by atoms with Crippen molar-refractivity contribution in [2.24, 2.45) is 5.73 Å². The van der Waals surface area contributed by atoms with Gasteiger partial charge in [-0.3, -0.25) is 0 Å². The van der Waals surface area contributed by atoms with Crippen molar-refractivity contribution in [1.82, 2.24) is 19.8 Å². The van der Waals surface area contributed by atoms with E-state index >= 15 is 0 Å². The van der Waals surface area contributed by atoms with Crippen molar-refractivity contribution in [2.45, 2.75) is 12.5 Å². The summed E-state index contributed by atoms with van der Waals surface area (Å²) in [5.74, 6) is 0.309. The summed E-state index contributed by atoms with van der Waals surface area (Å²) in [4.78, 5) is 11.5. The number of nitrogens with two attached hydrogens (primary N) is 1. The number of rotatable bonds is 7. The summed E-state index contributed by atoms with van der Waals surface area (Å²) in [5.41, 5.74) is 6.86. The fraction of sp³-hybridized carbons (Fsp3) is 0.200. The number of aliphatic carboxylic acids is 1. The average Bonchev–Trinajstić information content (AvgIpc) is 3.17. The van der Waals surface area contributed by atoms with Crippen molar-refractivity contribution < 1.29 is 19.4 Å². The molecule has 3 N–H and O–H groups in total. The molecule has 0 aliphatic heterocycles. The van der Waals surface area contributed by atoms with Crippen LogP contribution < -0.4 is 15.2 Å². The van der Waals surface area contributed by atoms with Gasteiger partial charge in [0.15, 0.2) is 17.6 Å². The summed E-state index contributed by atoms with van der Waals surface area (Å²) in [5, 5.41) is 23.9. The summed E-state index contributed by atoms with van der Waals surface area (Å²) in [6, 6.07) is 14.7. The van der Waals surface area contributed by atoms with E-state index in [2.05, 4.69) is 15.3 Å². The van der Waals surface area contributed by atoms with E-state index in [0.29, 0.717) is 16.9 Å². The molecule has 0 fully saturated rings. The maximum absolute atomic E-state index is 11.5. The Balaban J connectivity index is 1.89. The van der Waals surface area contributed by atoms with Crippen molar-refractivity contribution in [1.29, 1.82) is 0 Å².